The molecule has 0 bridgehead atoms. The number of Topliss-reactive ketones (excluding diaryl/α,β-unsaturated/α-hetero) is 1. The Labute approximate surface area is 146 Å². The van der Waals surface area contributed by atoms with Crippen molar-refractivity contribution >= 4 is 16.8 Å². The van der Waals surface area contributed by atoms with Gasteiger partial charge in [-0.1, -0.05) is 31.4 Å². The molecule has 1 aliphatic rings. The van der Waals surface area contributed by atoms with Crippen LogP contribution in [0.5, 0.6) is 0 Å². The molecule has 0 aliphatic heterocycles. The number of benzene rings is 1. The van der Waals surface area contributed by atoms with E-state index < -0.39 is 0 Å². The topological polar surface area (TPSA) is 34.9 Å². The normalized spacial score (nSPS) is 15.6. The van der Waals surface area contributed by atoms with E-state index in [0.717, 1.165) is 47.8 Å². The summed E-state index contributed by atoms with van der Waals surface area (Å²) in [6.07, 6.45) is 9.17. The molecule has 1 aromatic carbocycles. The van der Waals surface area contributed by atoms with Crippen LogP contribution in [-0.2, 0) is 6.54 Å². The van der Waals surface area contributed by atoms with Gasteiger partial charge < -0.3 is 4.57 Å². The maximum atomic E-state index is 13.1. The van der Waals surface area contributed by atoms with Crippen LogP contribution in [0.3, 0.4) is 0 Å². The fourth-order valence-corrected chi connectivity index (χ4v) is 3.81. The zero-order chi connectivity index (χ0) is 17.2. The van der Waals surface area contributed by atoms with Gasteiger partial charge >= 0.3 is 0 Å². The Bertz CT molecular complexity index is 892. The molecule has 128 valence electrons. The average Bonchev–Trinajstić information content (AvgIpc) is 3.02. The summed E-state index contributed by atoms with van der Waals surface area (Å²) in [5.41, 5.74) is 2.57. The van der Waals surface area contributed by atoms with E-state index in [1.54, 1.807) is 18.3 Å². The van der Waals surface area contributed by atoms with Crippen molar-refractivity contribution in [2.24, 2.45) is 5.92 Å². The molecule has 2 aromatic heterocycles. The van der Waals surface area contributed by atoms with E-state index in [0.29, 0.717) is 6.54 Å². The molecule has 3 aromatic rings. The molecule has 25 heavy (non-hydrogen) atoms. The van der Waals surface area contributed by atoms with Crippen LogP contribution in [-0.4, -0.2) is 15.3 Å². The quantitative estimate of drug-likeness (QED) is 0.629. The van der Waals surface area contributed by atoms with E-state index >= 15 is 0 Å². The van der Waals surface area contributed by atoms with Crippen molar-refractivity contribution in [3.63, 3.8) is 0 Å². The molecule has 0 atom stereocenters. The lowest BCUT2D eigenvalue weighted by atomic mass is 9.84. The number of nitrogens with zero attached hydrogens (tertiary/aromatic N) is 2. The summed E-state index contributed by atoms with van der Waals surface area (Å²) in [5.74, 6) is 0.141. The van der Waals surface area contributed by atoms with Crippen LogP contribution < -0.4 is 0 Å². The zero-order valence-corrected chi connectivity index (χ0v) is 14.1. The van der Waals surface area contributed by atoms with Crippen molar-refractivity contribution in [1.29, 1.82) is 0 Å². The lowest BCUT2D eigenvalue weighted by Crippen LogP contribution is -2.17. The summed E-state index contributed by atoms with van der Waals surface area (Å²) in [7, 11) is 0. The maximum Gasteiger partial charge on any atom is 0.168 e. The molecular weight excluding hydrogens is 315 g/mol. The molecule has 3 nitrogen and oxygen atoms in total. The van der Waals surface area contributed by atoms with Gasteiger partial charge in [-0.25, -0.2) is 9.37 Å². The highest BCUT2D eigenvalue weighted by molar-refractivity contribution is 6.08. The van der Waals surface area contributed by atoms with Gasteiger partial charge in [0.15, 0.2) is 5.78 Å². The van der Waals surface area contributed by atoms with E-state index in [2.05, 4.69) is 4.98 Å². The predicted octanol–water partition coefficient (Wildman–Crippen LogP) is 4.99. The molecule has 0 radical (unpaired) electrons. The summed E-state index contributed by atoms with van der Waals surface area (Å²) in [4.78, 5) is 17.5. The summed E-state index contributed by atoms with van der Waals surface area (Å²) in [5, 5.41) is 0.917. The van der Waals surface area contributed by atoms with Gasteiger partial charge in [-0.05, 0) is 42.7 Å². The van der Waals surface area contributed by atoms with Gasteiger partial charge in [0.1, 0.15) is 11.5 Å². The van der Waals surface area contributed by atoms with Gasteiger partial charge in [0.05, 0.1) is 0 Å². The summed E-state index contributed by atoms with van der Waals surface area (Å²) in [6.45, 7) is 0.575. The Morgan fingerprint density at radius 3 is 2.64 bits per heavy atom. The second-order valence-corrected chi connectivity index (χ2v) is 6.87. The molecule has 1 saturated carbocycles. The summed E-state index contributed by atoms with van der Waals surface area (Å²) < 4.78 is 15.1. The molecule has 4 rings (SSSR count). The SMILES string of the molecule is O=C(c1cn(Cc2ccc(F)cc2)c2ncccc12)C1CCCCC1. The van der Waals surface area contributed by atoms with Gasteiger partial charge in [0.2, 0.25) is 0 Å². The van der Waals surface area contributed by atoms with E-state index in [1.807, 2.05) is 22.9 Å². The Kier molecular flexibility index (Phi) is 4.35. The molecule has 0 spiro atoms. The van der Waals surface area contributed by atoms with Gasteiger partial charge in [-0.3, -0.25) is 4.79 Å². The Morgan fingerprint density at radius 1 is 1.12 bits per heavy atom. The van der Waals surface area contributed by atoms with Crippen molar-refractivity contribution in [1.82, 2.24) is 9.55 Å². The van der Waals surface area contributed by atoms with Crippen molar-refractivity contribution < 1.29 is 9.18 Å². The lowest BCUT2D eigenvalue weighted by Gasteiger charge is -2.19. The molecule has 0 unspecified atom stereocenters. The van der Waals surface area contributed by atoms with E-state index in [1.165, 1.54) is 18.6 Å². The first-order valence-corrected chi connectivity index (χ1v) is 8.95. The highest BCUT2D eigenvalue weighted by Gasteiger charge is 2.25. The zero-order valence-electron chi connectivity index (χ0n) is 14.1. The van der Waals surface area contributed by atoms with Gasteiger partial charge in [0.25, 0.3) is 0 Å². The fraction of sp³-hybridized carbons (Fsp3) is 0.333. The molecule has 0 amide bonds. The molecule has 0 saturated heterocycles. The van der Waals surface area contributed by atoms with Gasteiger partial charge in [-0.15, -0.1) is 0 Å². The number of rotatable bonds is 4. The average molecular weight is 336 g/mol. The van der Waals surface area contributed by atoms with Crippen LogP contribution in [0.1, 0.15) is 48.0 Å². The first-order chi connectivity index (χ1) is 12.2. The molecular formula is C21H21FN2O. The highest BCUT2D eigenvalue weighted by Crippen LogP contribution is 2.30. The van der Waals surface area contributed by atoms with Crippen LogP contribution >= 0.6 is 0 Å². The number of carbonyl (C=O) groups excluding carboxylic acids is 1. The van der Waals surface area contributed by atoms with Crippen LogP contribution in [0.25, 0.3) is 11.0 Å². The first-order valence-electron chi connectivity index (χ1n) is 8.95. The van der Waals surface area contributed by atoms with Crippen LogP contribution in [0.15, 0.2) is 48.8 Å². The van der Waals surface area contributed by atoms with Crippen LogP contribution in [0.2, 0.25) is 0 Å². The minimum absolute atomic E-state index is 0.138. The molecule has 1 aliphatic carbocycles. The Morgan fingerprint density at radius 2 is 1.88 bits per heavy atom. The van der Waals surface area contributed by atoms with Crippen molar-refractivity contribution in [3.05, 3.63) is 65.7 Å². The molecule has 1 fully saturated rings. The number of fused-ring (bicyclic) bond motifs is 1. The third kappa shape index (κ3) is 3.21. The summed E-state index contributed by atoms with van der Waals surface area (Å²) >= 11 is 0. The first kappa shape index (κ1) is 16.0. The fourth-order valence-electron chi connectivity index (χ4n) is 3.81. The molecule has 0 N–H and O–H groups in total. The predicted molar refractivity (Wildman–Crippen MR) is 96.1 cm³/mol. The monoisotopic (exact) mass is 336 g/mol. The summed E-state index contributed by atoms with van der Waals surface area (Å²) in [6, 6.07) is 10.3. The highest BCUT2D eigenvalue weighted by atomic mass is 19.1. The van der Waals surface area contributed by atoms with E-state index in [4.69, 9.17) is 0 Å². The number of hydrogen-bond donors (Lipinski definition) is 0. The second-order valence-electron chi connectivity index (χ2n) is 6.87. The van der Waals surface area contributed by atoms with Crippen molar-refractivity contribution in [2.75, 3.05) is 0 Å². The minimum atomic E-state index is -0.243. The smallest absolute Gasteiger partial charge is 0.168 e. The largest absolute Gasteiger partial charge is 0.327 e. The Balaban J connectivity index is 1.70. The molecule has 4 heteroatoms. The maximum absolute atomic E-state index is 13.1. The standard InChI is InChI=1S/C21H21FN2O/c22-17-10-8-15(9-11-17)13-24-14-19(18-7-4-12-23-21(18)24)20(25)16-5-2-1-3-6-16/h4,7-12,14,16H,1-3,5-6,13H2. The minimum Gasteiger partial charge on any atom is -0.327 e. The number of carbonyl (C=O) groups is 1. The van der Waals surface area contributed by atoms with Gasteiger partial charge in [-0.2, -0.15) is 0 Å². The molecule has 2 heterocycles. The number of ketones is 1. The second kappa shape index (κ2) is 6.79. The van der Waals surface area contributed by atoms with Gasteiger partial charge in [0, 0.05) is 35.8 Å². The van der Waals surface area contributed by atoms with Crippen molar-refractivity contribution in [3.8, 4) is 0 Å². The number of halogens is 1. The third-order valence-corrected chi connectivity index (χ3v) is 5.14. The van der Waals surface area contributed by atoms with E-state index in [9.17, 15) is 9.18 Å². The number of hydrogen-bond acceptors (Lipinski definition) is 2. The Hall–Kier alpha value is -2.49. The third-order valence-electron chi connectivity index (χ3n) is 5.14. The number of pyridine rings is 1. The van der Waals surface area contributed by atoms with E-state index in [-0.39, 0.29) is 17.5 Å². The van der Waals surface area contributed by atoms with Crippen LogP contribution in [0.4, 0.5) is 4.39 Å². The number of aromatic nitrogens is 2. The van der Waals surface area contributed by atoms with Crippen LogP contribution in [0, 0.1) is 11.7 Å². The lowest BCUT2D eigenvalue weighted by molar-refractivity contribution is 0.0891. The van der Waals surface area contributed by atoms with Crippen molar-refractivity contribution in [2.45, 2.75) is 38.6 Å².